The van der Waals surface area contributed by atoms with Gasteiger partial charge in [-0.2, -0.15) is 0 Å². The molecule has 23 heavy (non-hydrogen) atoms. The lowest BCUT2D eigenvalue weighted by Crippen LogP contribution is -2.33. The van der Waals surface area contributed by atoms with Gasteiger partial charge >= 0.3 is 0 Å². The van der Waals surface area contributed by atoms with Crippen LogP contribution in [-0.4, -0.2) is 20.9 Å². The monoisotopic (exact) mass is 336 g/mol. The lowest BCUT2D eigenvalue weighted by molar-refractivity contribution is -0.115. The number of carbonyl (C=O) groups excluding carboxylic acids is 1. The SMILES string of the molecule is CCc1ccccc1NC(=O)CNS(=O)(=O)c1ccc(F)cc1. The summed E-state index contributed by atoms with van der Waals surface area (Å²) in [6, 6.07) is 11.7. The standard InChI is InChI=1S/C16H17FN2O3S/c1-2-12-5-3-4-6-15(12)19-16(20)11-18-23(21,22)14-9-7-13(17)8-10-14/h3-10,18H,2,11H2,1H3,(H,19,20). The van der Waals surface area contributed by atoms with Crippen molar-refractivity contribution in [1.82, 2.24) is 4.72 Å². The van der Waals surface area contributed by atoms with Crippen LogP contribution in [0.2, 0.25) is 0 Å². The number of sulfonamides is 1. The van der Waals surface area contributed by atoms with Gasteiger partial charge in [-0.3, -0.25) is 4.79 Å². The number of rotatable bonds is 6. The zero-order chi connectivity index (χ0) is 16.9. The maximum atomic E-state index is 12.8. The molecule has 0 aliphatic rings. The first kappa shape index (κ1) is 17.1. The Morgan fingerprint density at radius 2 is 1.74 bits per heavy atom. The topological polar surface area (TPSA) is 75.3 Å². The Bertz CT molecular complexity index is 789. The predicted molar refractivity (Wildman–Crippen MR) is 86.0 cm³/mol. The van der Waals surface area contributed by atoms with E-state index in [-0.39, 0.29) is 4.90 Å². The third-order valence-electron chi connectivity index (χ3n) is 3.22. The second-order valence-corrected chi connectivity index (χ2v) is 6.60. The lowest BCUT2D eigenvalue weighted by Gasteiger charge is -2.10. The Hall–Kier alpha value is -2.25. The van der Waals surface area contributed by atoms with Crippen LogP contribution >= 0.6 is 0 Å². The molecular formula is C16H17FN2O3S. The molecule has 0 fully saturated rings. The first-order valence-electron chi connectivity index (χ1n) is 7.05. The van der Waals surface area contributed by atoms with E-state index in [0.29, 0.717) is 5.69 Å². The van der Waals surface area contributed by atoms with E-state index in [0.717, 1.165) is 36.2 Å². The highest BCUT2D eigenvalue weighted by atomic mass is 32.2. The molecule has 7 heteroatoms. The molecule has 122 valence electrons. The van der Waals surface area contributed by atoms with Crippen LogP contribution in [0.3, 0.4) is 0 Å². The number of hydrogen-bond acceptors (Lipinski definition) is 3. The minimum absolute atomic E-state index is 0.0966. The number of halogens is 1. The summed E-state index contributed by atoms with van der Waals surface area (Å²) in [6.07, 6.45) is 0.748. The van der Waals surface area contributed by atoms with Gasteiger partial charge in [-0.25, -0.2) is 17.5 Å². The van der Waals surface area contributed by atoms with Gasteiger partial charge in [-0.1, -0.05) is 25.1 Å². The molecule has 0 saturated heterocycles. The van der Waals surface area contributed by atoms with E-state index < -0.39 is 28.3 Å². The molecule has 2 aromatic carbocycles. The number of hydrogen-bond donors (Lipinski definition) is 2. The fraction of sp³-hybridized carbons (Fsp3) is 0.188. The van der Waals surface area contributed by atoms with E-state index in [1.807, 2.05) is 19.1 Å². The maximum Gasteiger partial charge on any atom is 0.241 e. The Morgan fingerprint density at radius 3 is 2.39 bits per heavy atom. The number of para-hydroxylation sites is 1. The minimum atomic E-state index is -3.86. The lowest BCUT2D eigenvalue weighted by atomic mass is 10.1. The van der Waals surface area contributed by atoms with Crippen LogP contribution < -0.4 is 10.0 Å². The molecule has 0 aliphatic heterocycles. The number of benzene rings is 2. The van der Waals surface area contributed by atoms with Gasteiger partial charge < -0.3 is 5.32 Å². The number of carbonyl (C=O) groups is 1. The fourth-order valence-corrected chi connectivity index (χ4v) is 2.98. The minimum Gasteiger partial charge on any atom is -0.325 e. The Kier molecular flexibility index (Phi) is 5.46. The first-order valence-corrected chi connectivity index (χ1v) is 8.53. The van der Waals surface area contributed by atoms with Gasteiger partial charge in [-0.15, -0.1) is 0 Å². The van der Waals surface area contributed by atoms with E-state index in [2.05, 4.69) is 10.0 Å². The molecule has 1 amide bonds. The van der Waals surface area contributed by atoms with Gasteiger partial charge in [-0.05, 0) is 42.3 Å². The highest BCUT2D eigenvalue weighted by Crippen LogP contribution is 2.15. The number of aryl methyl sites for hydroxylation is 1. The van der Waals surface area contributed by atoms with Crippen molar-refractivity contribution in [2.45, 2.75) is 18.2 Å². The fourth-order valence-electron chi connectivity index (χ4n) is 2.00. The van der Waals surface area contributed by atoms with Gasteiger partial charge in [0, 0.05) is 5.69 Å². The summed E-state index contributed by atoms with van der Waals surface area (Å²) in [7, 11) is -3.86. The second-order valence-electron chi connectivity index (χ2n) is 4.84. The van der Waals surface area contributed by atoms with Gasteiger partial charge in [0.2, 0.25) is 15.9 Å². The van der Waals surface area contributed by atoms with E-state index in [1.165, 1.54) is 0 Å². The molecule has 0 unspecified atom stereocenters. The summed E-state index contributed by atoms with van der Waals surface area (Å²) < 4.78 is 39.0. The van der Waals surface area contributed by atoms with E-state index in [1.54, 1.807) is 12.1 Å². The van der Waals surface area contributed by atoms with E-state index in [4.69, 9.17) is 0 Å². The smallest absolute Gasteiger partial charge is 0.241 e. The molecule has 0 spiro atoms. The second kappa shape index (κ2) is 7.34. The molecule has 0 atom stereocenters. The van der Waals surface area contributed by atoms with Gasteiger partial charge in [0.05, 0.1) is 11.4 Å². The van der Waals surface area contributed by atoms with Crippen molar-refractivity contribution in [3.63, 3.8) is 0 Å². The van der Waals surface area contributed by atoms with Crippen molar-refractivity contribution >= 4 is 21.6 Å². The Labute approximate surface area is 134 Å². The van der Waals surface area contributed by atoms with Crippen molar-refractivity contribution in [2.24, 2.45) is 0 Å². The van der Waals surface area contributed by atoms with Crippen LogP contribution in [0.1, 0.15) is 12.5 Å². The molecule has 0 bridgehead atoms. The molecule has 0 saturated carbocycles. The van der Waals surface area contributed by atoms with Crippen LogP contribution in [0.25, 0.3) is 0 Å². The van der Waals surface area contributed by atoms with Crippen molar-refractivity contribution in [2.75, 3.05) is 11.9 Å². The van der Waals surface area contributed by atoms with Crippen LogP contribution in [-0.2, 0) is 21.2 Å². The molecule has 2 N–H and O–H groups in total. The normalized spacial score (nSPS) is 11.2. The van der Waals surface area contributed by atoms with Gasteiger partial charge in [0.1, 0.15) is 5.82 Å². The molecule has 0 aromatic heterocycles. The average Bonchev–Trinajstić information content (AvgIpc) is 2.54. The van der Waals surface area contributed by atoms with Crippen LogP contribution in [0, 0.1) is 5.82 Å². The summed E-state index contributed by atoms with van der Waals surface area (Å²) >= 11 is 0. The van der Waals surface area contributed by atoms with E-state index in [9.17, 15) is 17.6 Å². The van der Waals surface area contributed by atoms with Crippen LogP contribution in [0.15, 0.2) is 53.4 Å². The molecule has 0 heterocycles. The van der Waals surface area contributed by atoms with Crippen molar-refractivity contribution < 1.29 is 17.6 Å². The molecule has 2 rings (SSSR count). The van der Waals surface area contributed by atoms with Crippen LogP contribution in [0.4, 0.5) is 10.1 Å². The molecular weight excluding hydrogens is 319 g/mol. The van der Waals surface area contributed by atoms with Gasteiger partial charge in [0.25, 0.3) is 0 Å². The zero-order valence-corrected chi connectivity index (χ0v) is 13.4. The highest BCUT2D eigenvalue weighted by molar-refractivity contribution is 7.89. The molecule has 2 aromatic rings. The van der Waals surface area contributed by atoms with E-state index >= 15 is 0 Å². The number of amides is 1. The molecule has 5 nitrogen and oxygen atoms in total. The summed E-state index contributed by atoms with van der Waals surface area (Å²) in [5.41, 5.74) is 1.61. The van der Waals surface area contributed by atoms with Crippen molar-refractivity contribution in [3.8, 4) is 0 Å². The maximum absolute atomic E-state index is 12.8. The summed E-state index contributed by atoms with van der Waals surface area (Å²) in [5, 5.41) is 2.67. The molecule has 0 radical (unpaired) electrons. The zero-order valence-electron chi connectivity index (χ0n) is 12.5. The number of anilines is 1. The predicted octanol–water partition coefficient (Wildman–Crippen LogP) is 2.31. The number of nitrogens with one attached hydrogen (secondary N) is 2. The first-order chi connectivity index (χ1) is 10.9. The summed E-state index contributed by atoms with van der Waals surface area (Å²) in [5.74, 6) is -1.01. The molecule has 0 aliphatic carbocycles. The van der Waals surface area contributed by atoms with Gasteiger partial charge in [0.15, 0.2) is 0 Å². The van der Waals surface area contributed by atoms with Crippen molar-refractivity contribution in [1.29, 1.82) is 0 Å². The van der Waals surface area contributed by atoms with Crippen molar-refractivity contribution in [3.05, 3.63) is 59.9 Å². The highest BCUT2D eigenvalue weighted by Gasteiger charge is 2.15. The van der Waals surface area contributed by atoms with Crippen LogP contribution in [0.5, 0.6) is 0 Å². The quantitative estimate of drug-likeness (QED) is 0.850. The Balaban J connectivity index is 2.00. The third kappa shape index (κ3) is 4.61. The average molecular weight is 336 g/mol. The summed E-state index contributed by atoms with van der Waals surface area (Å²) in [4.78, 5) is 11.8. The third-order valence-corrected chi connectivity index (χ3v) is 4.64. The Morgan fingerprint density at radius 1 is 1.09 bits per heavy atom. The summed E-state index contributed by atoms with van der Waals surface area (Å²) in [6.45, 7) is 1.56. The largest absolute Gasteiger partial charge is 0.325 e.